The van der Waals surface area contributed by atoms with Gasteiger partial charge < -0.3 is 10.1 Å². The number of nitrogens with one attached hydrogen (secondary N) is 1. The number of anilines is 1. The molecule has 20 heavy (non-hydrogen) atoms. The maximum absolute atomic E-state index is 12.1. The first-order chi connectivity index (χ1) is 9.67. The number of amides is 1. The van der Waals surface area contributed by atoms with Crippen LogP contribution in [-0.4, -0.2) is 32.1 Å². The Kier molecular flexibility index (Phi) is 3.17. The maximum Gasteiger partial charge on any atom is 0.277 e. The highest BCUT2D eigenvalue weighted by Crippen LogP contribution is 2.19. The molecule has 106 valence electrons. The van der Waals surface area contributed by atoms with Crippen LogP contribution in [0.3, 0.4) is 0 Å². The molecule has 0 saturated heterocycles. The molecule has 3 rings (SSSR count). The zero-order valence-corrected chi connectivity index (χ0v) is 11.6. The van der Waals surface area contributed by atoms with E-state index in [9.17, 15) is 4.79 Å². The number of nitrogens with zero attached hydrogens (tertiary/aromatic N) is 4. The molecule has 1 aliphatic rings. The van der Waals surface area contributed by atoms with Gasteiger partial charge in [-0.3, -0.25) is 9.48 Å². The molecule has 1 aliphatic heterocycles. The molecule has 0 fully saturated rings. The van der Waals surface area contributed by atoms with Gasteiger partial charge in [-0.15, -0.1) is 0 Å². The standard InChI is InChI=1S/C13H17N5O2/c1-3-17-9(2)7-11(16-17)14-13(19)10-8-12-18(15-10)5-4-6-20-12/h7-8H,3-6H2,1-2H3,(H,14,16,19). The van der Waals surface area contributed by atoms with E-state index in [0.717, 1.165) is 25.2 Å². The number of rotatable bonds is 3. The molecule has 0 spiro atoms. The SMILES string of the molecule is CCn1nc(NC(=O)c2cc3n(n2)CCCO3)cc1C. The van der Waals surface area contributed by atoms with Crippen molar-refractivity contribution in [1.29, 1.82) is 0 Å². The Morgan fingerprint density at radius 2 is 2.30 bits per heavy atom. The van der Waals surface area contributed by atoms with Gasteiger partial charge in [0, 0.05) is 37.3 Å². The molecule has 1 N–H and O–H groups in total. The predicted molar refractivity (Wildman–Crippen MR) is 72.9 cm³/mol. The zero-order valence-electron chi connectivity index (χ0n) is 11.6. The molecule has 0 aliphatic carbocycles. The summed E-state index contributed by atoms with van der Waals surface area (Å²) in [6.07, 6.45) is 0.913. The minimum absolute atomic E-state index is 0.267. The van der Waals surface area contributed by atoms with Crippen molar-refractivity contribution in [1.82, 2.24) is 19.6 Å². The van der Waals surface area contributed by atoms with E-state index in [2.05, 4.69) is 15.5 Å². The fraction of sp³-hybridized carbons (Fsp3) is 0.462. The van der Waals surface area contributed by atoms with Crippen molar-refractivity contribution in [3.8, 4) is 5.88 Å². The fourth-order valence-corrected chi connectivity index (χ4v) is 2.25. The number of hydrogen-bond donors (Lipinski definition) is 1. The smallest absolute Gasteiger partial charge is 0.277 e. The Labute approximate surface area is 116 Å². The molecule has 0 atom stereocenters. The van der Waals surface area contributed by atoms with Crippen molar-refractivity contribution in [3.63, 3.8) is 0 Å². The summed E-state index contributed by atoms with van der Waals surface area (Å²) >= 11 is 0. The molecule has 3 heterocycles. The van der Waals surface area contributed by atoms with Crippen LogP contribution in [0.25, 0.3) is 0 Å². The zero-order chi connectivity index (χ0) is 14.1. The van der Waals surface area contributed by atoms with Crippen molar-refractivity contribution >= 4 is 11.7 Å². The van der Waals surface area contributed by atoms with Gasteiger partial charge in [0.1, 0.15) is 0 Å². The van der Waals surface area contributed by atoms with Gasteiger partial charge >= 0.3 is 0 Å². The average molecular weight is 275 g/mol. The minimum atomic E-state index is -0.267. The fourth-order valence-electron chi connectivity index (χ4n) is 2.25. The summed E-state index contributed by atoms with van der Waals surface area (Å²) in [4.78, 5) is 12.1. The third-order valence-corrected chi connectivity index (χ3v) is 3.26. The van der Waals surface area contributed by atoms with Gasteiger partial charge in [0.15, 0.2) is 11.5 Å². The second kappa shape index (κ2) is 4.99. The molecule has 0 radical (unpaired) electrons. The van der Waals surface area contributed by atoms with Crippen LogP contribution < -0.4 is 10.1 Å². The molecule has 0 unspecified atom stereocenters. The number of aromatic nitrogens is 4. The van der Waals surface area contributed by atoms with Gasteiger partial charge in [-0.1, -0.05) is 0 Å². The van der Waals surface area contributed by atoms with Crippen LogP contribution in [0.2, 0.25) is 0 Å². The summed E-state index contributed by atoms with van der Waals surface area (Å²) < 4.78 is 8.99. The summed E-state index contributed by atoms with van der Waals surface area (Å²) in [5.41, 5.74) is 1.36. The summed E-state index contributed by atoms with van der Waals surface area (Å²) in [5.74, 6) is 0.925. The van der Waals surface area contributed by atoms with Crippen molar-refractivity contribution in [2.75, 3.05) is 11.9 Å². The van der Waals surface area contributed by atoms with Gasteiger partial charge in [0.05, 0.1) is 6.61 Å². The van der Waals surface area contributed by atoms with Crippen LogP contribution in [0.1, 0.15) is 29.5 Å². The Morgan fingerprint density at radius 3 is 3.00 bits per heavy atom. The summed E-state index contributed by atoms with van der Waals surface area (Å²) in [6.45, 7) is 6.19. The molecular formula is C13H17N5O2. The quantitative estimate of drug-likeness (QED) is 0.920. The van der Waals surface area contributed by atoms with Crippen molar-refractivity contribution in [3.05, 3.63) is 23.5 Å². The van der Waals surface area contributed by atoms with Crippen LogP contribution in [-0.2, 0) is 13.1 Å². The highest BCUT2D eigenvalue weighted by atomic mass is 16.5. The lowest BCUT2D eigenvalue weighted by molar-refractivity contribution is 0.102. The van der Waals surface area contributed by atoms with Crippen LogP contribution >= 0.6 is 0 Å². The van der Waals surface area contributed by atoms with E-state index in [4.69, 9.17) is 4.74 Å². The highest BCUT2D eigenvalue weighted by molar-refractivity contribution is 6.02. The van der Waals surface area contributed by atoms with Gasteiger partial charge in [-0.05, 0) is 13.8 Å². The van der Waals surface area contributed by atoms with E-state index in [-0.39, 0.29) is 5.91 Å². The van der Waals surface area contributed by atoms with Crippen LogP contribution in [0.5, 0.6) is 5.88 Å². The normalized spacial score (nSPS) is 13.7. The van der Waals surface area contributed by atoms with E-state index >= 15 is 0 Å². The van der Waals surface area contributed by atoms with Crippen molar-refractivity contribution < 1.29 is 9.53 Å². The molecule has 2 aromatic rings. The van der Waals surface area contributed by atoms with Gasteiger partial charge in [0.25, 0.3) is 5.91 Å². The van der Waals surface area contributed by atoms with Crippen molar-refractivity contribution in [2.45, 2.75) is 33.4 Å². The van der Waals surface area contributed by atoms with Gasteiger partial charge in [-0.2, -0.15) is 10.2 Å². The average Bonchev–Trinajstić information content (AvgIpc) is 3.01. The first-order valence-corrected chi connectivity index (χ1v) is 6.74. The van der Waals surface area contributed by atoms with Crippen LogP contribution in [0.4, 0.5) is 5.82 Å². The number of carbonyl (C=O) groups is 1. The van der Waals surface area contributed by atoms with E-state index in [1.807, 2.05) is 24.6 Å². The van der Waals surface area contributed by atoms with E-state index in [1.165, 1.54) is 0 Å². The van der Waals surface area contributed by atoms with E-state index < -0.39 is 0 Å². The second-order valence-corrected chi connectivity index (χ2v) is 4.73. The number of carbonyl (C=O) groups excluding carboxylic acids is 1. The molecule has 2 aromatic heterocycles. The molecule has 7 nitrogen and oxygen atoms in total. The highest BCUT2D eigenvalue weighted by Gasteiger charge is 2.18. The molecular weight excluding hydrogens is 258 g/mol. The van der Waals surface area contributed by atoms with Crippen molar-refractivity contribution in [2.24, 2.45) is 0 Å². The first kappa shape index (κ1) is 12.7. The number of fused-ring (bicyclic) bond motifs is 1. The lowest BCUT2D eigenvalue weighted by atomic mass is 10.4. The second-order valence-electron chi connectivity index (χ2n) is 4.73. The first-order valence-electron chi connectivity index (χ1n) is 6.74. The molecule has 0 bridgehead atoms. The number of ether oxygens (including phenoxy) is 1. The lowest BCUT2D eigenvalue weighted by Gasteiger charge is -2.13. The lowest BCUT2D eigenvalue weighted by Crippen LogP contribution is -2.16. The largest absolute Gasteiger partial charge is 0.478 e. The topological polar surface area (TPSA) is 74.0 Å². The summed E-state index contributed by atoms with van der Waals surface area (Å²) in [6, 6.07) is 3.51. The van der Waals surface area contributed by atoms with Gasteiger partial charge in [0.2, 0.25) is 5.88 Å². The van der Waals surface area contributed by atoms with E-state index in [0.29, 0.717) is 24.0 Å². The Bertz CT molecular complexity index is 620. The number of hydrogen-bond acceptors (Lipinski definition) is 4. The predicted octanol–water partition coefficient (Wildman–Crippen LogP) is 1.44. The monoisotopic (exact) mass is 275 g/mol. The maximum atomic E-state index is 12.1. The molecule has 7 heteroatoms. The minimum Gasteiger partial charge on any atom is -0.478 e. The summed E-state index contributed by atoms with van der Waals surface area (Å²) in [5, 5.41) is 11.3. The molecule has 0 aromatic carbocycles. The molecule has 1 amide bonds. The Morgan fingerprint density at radius 1 is 1.45 bits per heavy atom. The number of aryl methyl sites for hydroxylation is 3. The van der Waals surface area contributed by atoms with E-state index in [1.54, 1.807) is 10.7 Å². The third-order valence-electron chi connectivity index (χ3n) is 3.26. The Balaban J connectivity index is 1.76. The van der Waals surface area contributed by atoms with Crippen LogP contribution in [0.15, 0.2) is 12.1 Å². The Hall–Kier alpha value is -2.31. The van der Waals surface area contributed by atoms with Crippen LogP contribution in [0, 0.1) is 6.92 Å². The molecule has 0 saturated carbocycles. The van der Waals surface area contributed by atoms with Gasteiger partial charge in [-0.25, -0.2) is 4.68 Å². The summed E-state index contributed by atoms with van der Waals surface area (Å²) in [7, 11) is 0. The third kappa shape index (κ3) is 2.26.